The number of hydrogen-bond donors (Lipinski definition) is 2. The number of rotatable bonds is 5. The van der Waals surface area contributed by atoms with Gasteiger partial charge in [-0.25, -0.2) is 9.59 Å². The summed E-state index contributed by atoms with van der Waals surface area (Å²) in [4.78, 5) is 39.7. The van der Waals surface area contributed by atoms with E-state index in [9.17, 15) is 19.5 Å². The van der Waals surface area contributed by atoms with E-state index in [0.717, 1.165) is 47.9 Å². The summed E-state index contributed by atoms with van der Waals surface area (Å²) in [6.45, 7) is 0.579. The van der Waals surface area contributed by atoms with Crippen LogP contribution in [-0.2, 0) is 14.3 Å². The van der Waals surface area contributed by atoms with E-state index in [1.807, 2.05) is 24.3 Å². The number of aliphatic carboxylic acids is 1. The first-order valence-corrected chi connectivity index (χ1v) is 12.2. The van der Waals surface area contributed by atoms with Gasteiger partial charge in [-0.05, 0) is 54.4 Å². The molecule has 5 rings (SSSR count). The van der Waals surface area contributed by atoms with Gasteiger partial charge < -0.3 is 20.1 Å². The van der Waals surface area contributed by atoms with Crippen LogP contribution >= 0.6 is 0 Å². The standard InChI is InChI=1S/C27H30N2O5/c30-24(31)23-13-2-1-7-16-29(23)25(32)27(14-8-15-27)28-26(33)34-17-22-20-11-5-3-9-18(20)19-10-4-6-12-21(19)22/h3-6,9-12,22-23H,1-2,7-8,13-17H2,(H,28,33)(H,30,31). The first-order valence-electron chi connectivity index (χ1n) is 12.2. The third-order valence-corrected chi connectivity index (χ3v) is 7.60. The van der Waals surface area contributed by atoms with Gasteiger partial charge in [0.25, 0.3) is 0 Å². The molecule has 2 N–H and O–H groups in total. The lowest BCUT2D eigenvalue weighted by molar-refractivity contribution is -0.155. The second kappa shape index (κ2) is 9.12. The topological polar surface area (TPSA) is 95.9 Å². The van der Waals surface area contributed by atoms with Crippen LogP contribution in [0.25, 0.3) is 11.1 Å². The van der Waals surface area contributed by atoms with Gasteiger partial charge in [0.2, 0.25) is 5.91 Å². The van der Waals surface area contributed by atoms with Crippen molar-refractivity contribution in [3.8, 4) is 11.1 Å². The summed E-state index contributed by atoms with van der Waals surface area (Å²) in [5.41, 5.74) is 3.48. The molecular weight excluding hydrogens is 432 g/mol. The predicted molar refractivity (Wildman–Crippen MR) is 126 cm³/mol. The summed E-state index contributed by atoms with van der Waals surface area (Å²) in [6.07, 6.45) is 4.09. The minimum absolute atomic E-state index is 0.0619. The smallest absolute Gasteiger partial charge is 0.408 e. The van der Waals surface area contributed by atoms with E-state index in [1.54, 1.807) is 0 Å². The Morgan fingerprint density at radius 3 is 2.18 bits per heavy atom. The van der Waals surface area contributed by atoms with Crippen molar-refractivity contribution in [1.29, 1.82) is 0 Å². The Morgan fingerprint density at radius 1 is 0.941 bits per heavy atom. The Balaban J connectivity index is 1.28. The van der Waals surface area contributed by atoms with Crippen molar-refractivity contribution in [1.82, 2.24) is 10.2 Å². The van der Waals surface area contributed by atoms with Gasteiger partial charge in [0.1, 0.15) is 18.2 Å². The fraction of sp³-hybridized carbons (Fsp3) is 0.444. The van der Waals surface area contributed by atoms with Gasteiger partial charge >= 0.3 is 12.1 Å². The van der Waals surface area contributed by atoms with Gasteiger partial charge in [0, 0.05) is 12.5 Å². The first-order chi connectivity index (χ1) is 16.5. The number of carboxylic acids is 1. The number of nitrogens with one attached hydrogen (secondary N) is 1. The molecule has 2 fully saturated rings. The fourth-order valence-electron chi connectivity index (χ4n) is 5.64. The molecule has 2 amide bonds. The maximum absolute atomic E-state index is 13.5. The molecule has 7 nitrogen and oxygen atoms in total. The van der Waals surface area contributed by atoms with E-state index >= 15 is 0 Å². The second-order valence-corrected chi connectivity index (χ2v) is 9.59. The molecule has 0 spiro atoms. The maximum atomic E-state index is 13.5. The van der Waals surface area contributed by atoms with Gasteiger partial charge in [0.05, 0.1) is 0 Å². The van der Waals surface area contributed by atoms with Crippen molar-refractivity contribution >= 4 is 18.0 Å². The summed E-state index contributed by atoms with van der Waals surface area (Å²) in [5.74, 6) is -1.33. The van der Waals surface area contributed by atoms with Crippen LogP contribution in [0.5, 0.6) is 0 Å². The summed E-state index contributed by atoms with van der Waals surface area (Å²) in [7, 11) is 0. The molecule has 178 valence electrons. The predicted octanol–water partition coefficient (Wildman–Crippen LogP) is 4.30. The van der Waals surface area contributed by atoms with Crippen molar-refractivity contribution in [2.45, 2.75) is 62.4 Å². The molecule has 1 aliphatic heterocycles. The van der Waals surface area contributed by atoms with E-state index in [-0.39, 0.29) is 18.4 Å². The van der Waals surface area contributed by atoms with Gasteiger partial charge in [-0.3, -0.25) is 4.79 Å². The molecule has 0 radical (unpaired) electrons. The van der Waals surface area contributed by atoms with E-state index in [0.29, 0.717) is 25.8 Å². The minimum Gasteiger partial charge on any atom is -0.480 e. The molecule has 1 atom stereocenters. The lowest BCUT2D eigenvalue weighted by Gasteiger charge is -2.44. The molecule has 7 heteroatoms. The third kappa shape index (κ3) is 3.93. The summed E-state index contributed by atoms with van der Waals surface area (Å²) >= 11 is 0. The number of benzene rings is 2. The summed E-state index contributed by atoms with van der Waals surface area (Å²) in [5, 5.41) is 12.5. The zero-order valence-corrected chi connectivity index (χ0v) is 19.2. The van der Waals surface area contributed by atoms with Crippen LogP contribution in [0.15, 0.2) is 48.5 Å². The van der Waals surface area contributed by atoms with Crippen molar-refractivity contribution in [3.63, 3.8) is 0 Å². The number of hydrogen-bond acceptors (Lipinski definition) is 4. The number of alkyl carbamates (subject to hydrolysis) is 1. The zero-order valence-electron chi connectivity index (χ0n) is 19.2. The summed E-state index contributed by atoms with van der Waals surface area (Å²) < 4.78 is 5.67. The van der Waals surface area contributed by atoms with Crippen molar-refractivity contribution in [3.05, 3.63) is 59.7 Å². The normalized spacial score (nSPS) is 20.9. The molecule has 34 heavy (non-hydrogen) atoms. The average Bonchev–Trinajstić information content (AvgIpc) is 2.95. The molecule has 2 aromatic rings. The van der Waals surface area contributed by atoms with Gasteiger partial charge in [-0.2, -0.15) is 0 Å². The lowest BCUT2D eigenvalue weighted by atomic mass is 9.75. The van der Waals surface area contributed by atoms with Crippen LogP contribution in [0, 0.1) is 0 Å². The second-order valence-electron chi connectivity index (χ2n) is 9.59. The fourth-order valence-corrected chi connectivity index (χ4v) is 5.64. The first kappa shape index (κ1) is 22.4. The quantitative estimate of drug-likeness (QED) is 0.691. The highest BCUT2D eigenvalue weighted by atomic mass is 16.5. The highest BCUT2D eigenvalue weighted by Crippen LogP contribution is 2.44. The van der Waals surface area contributed by atoms with E-state index < -0.39 is 23.6 Å². The zero-order chi connectivity index (χ0) is 23.7. The molecule has 0 bridgehead atoms. The van der Waals surface area contributed by atoms with Crippen LogP contribution in [0.1, 0.15) is 62.0 Å². The SMILES string of the molecule is O=C(NC1(C(=O)N2CCCCCC2C(=O)O)CCC1)OCC1c2ccccc2-c2ccccc21. The third-order valence-electron chi connectivity index (χ3n) is 7.60. The number of carbonyl (C=O) groups is 3. The number of nitrogens with zero attached hydrogens (tertiary/aromatic N) is 1. The van der Waals surface area contributed by atoms with Crippen molar-refractivity contribution < 1.29 is 24.2 Å². The largest absolute Gasteiger partial charge is 0.480 e. The number of carbonyl (C=O) groups excluding carboxylic acids is 2. The number of amides is 2. The molecule has 1 unspecified atom stereocenters. The Morgan fingerprint density at radius 2 is 1.59 bits per heavy atom. The van der Waals surface area contributed by atoms with E-state index in [1.165, 1.54) is 4.90 Å². The van der Waals surface area contributed by atoms with Gasteiger partial charge in [-0.15, -0.1) is 0 Å². The summed E-state index contributed by atoms with van der Waals surface area (Å²) in [6, 6.07) is 15.4. The number of ether oxygens (including phenoxy) is 1. The molecule has 1 saturated carbocycles. The van der Waals surface area contributed by atoms with Crippen LogP contribution < -0.4 is 5.32 Å². The van der Waals surface area contributed by atoms with Gasteiger partial charge in [0.15, 0.2) is 0 Å². The van der Waals surface area contributed by atoms with Crippen LogP contribution in [0.4, 0.5) is 4.79 Å². The molecule has 1 heterocycles. The Hall–Kier alpha value is -3.35. The van der Waals surface area contributed by atoms with Crippen molar-refractivity contribution in [2.75, 3.05) is 13.2 Å². The van der Waals surface area contributed by atoms with E-state index in [4.69, 9.17) is 4.74 Å². The molecule has 1 saturated heterocycles. The minimum atomic E-state index is -1.07. The Labute approximate surface area is 199 Å². The van der Waals surface area contributed by atoms with Crippen LogP contribution in [0.3, 0.4) is 0 Å². The Kier molecular flexibility index (Phi) is 6.02. The van der Waals surface area contributed by atoms with E-state index in [2.05, 4.69) is 29.6 Å². The van der Waals surface area contributed by atoms with Crippen molar-refractivity contribution in [2.24, 2.45) is 0 Å². The highest BCUT2D eigenvalue weighted by molar-refractivity contribution is 5.93. The molecule has 0 aromatic heterocycles. The molecule has 2 aromatic carbocycles. The lowest BCUT2D eigenvalue weighted by Crippen LogP contribution is -2.65. The Bertz CT molecular complexity index is 1060. The molecule has 2 aliphatic carbocycles. The molecular formula is C27H30N2O5. The number of likely N-dealkylation sites (tertiary alicyclic amines) is 1. The molecule has 3 aliphatic rings. The van der Waals surface area contributed by atoms with Crippen LogP contribution in [0.2, 0.25) is 0 Å². The van der Waals surface area contributed by atoms with Gasteiger partial charge in [-0.1, -0.05) is 61.4 Å². The number of fused-ring (bicyclic) bond motifs is 3. The monoisotopic (exact) mass is 462 g/mol. The average molecular weight is 463 g/mol. The van der Waals surface area contributed by atoms with Crippen LogP contribution in [-0.4, -0.2) is 52.7 Å². The maximum Gasteiger partial charge on any atom is 0.408 e. The number of carboxylic acid groups (broad SMARTS) is 1. The highest BCUT2D eigenvalue weighted by Gasteiger charge is 2.50.